The molecule has 34 heavy (non-hydrogen) atoms. The zero-order valence-corrected chi connectivity index (χ0v) is 20.5. The van der Waals surface area contributed by atoms with E-state index in [0.717, 1.165) is 5.56 Å². The zero-order chi connectivity index (χ0) is 24.3. The van der Waals surface area contributed by atoms with E-state index in [0.29, 0.717) is 17.3 Å². The van der Waals surface area contributed by atoms with Gasteiger partial charge in [-0.3, -0.25) is 23.3 Å². The van der Waals surface area contributed by atoms with E-state index < -0.39 is 25.2 Å². The van der Waals surface area contributed by atoms with Gasteiger partial charge in [-0.05, 0) is 31.5 Å². The fourth-order valence-electron chi connectivity index (χ4n) is 4.39. The lowest BCUT2D eigenvalue weighted by Crippen LogP contribution is -2.42. The van der Waals surface area contributed by atoms with Crippen LogP contribution in [0.5, 0.6) is 0 Å². The Morgan fingerprint density at radius 1 is 0.971 bits per heavy atom. The number of fused-ring (bicyclic) bond motifs is 1. The molecule has 0 N–H and O–H groups in total. The van der Waals surface area contributed by atoms with Crippen molar-refractivity contribution in [3.05, 3.63) is 81.0 Å². The van der Waals surface area contributed by atoms with Gasteiger partial charge in [-0.2, -0.15) is 5.06 Å². The smallest absolute Gasteiger partial charge is 0.308 e. The molecule has 2 atom stereocenters. The Bertz CT molecular complexity index is 1300. The van der Waals surface area contributed by atoms with Crippen LogP contribution in [0.25, 0.3) is 10.9 Å². The van der Waals surface area contributed by atoms with Crippen LogP contribution in [0.4, 0.5) is 0 Å². The van der Waals surface area contributed by atoms with Crippen LogP contribution >= 0.6 is 7.60 Å². The van der Waals surface area contributed by atoms with E-state index in [9.17, 15) is 14.2 Å². The summed E-state index contributed by atoms with van der Waals surface area (Å²) in [5, 5.41) is 1.96. The zero-order valence-electron chi connectivity index (χ0n) is 19.6. The number of hydroxylamine groups is 2. The Morgan fingerprint density at radius 3 is 2.29 bits per heavy atom. The fourth-order valence-corrected chi connectivity index (χ4v) is 6.48. The molecule has 3 aromatic rings. The van der Waals surface area contributed by atoms with Gasteiger partial charge in [0.25, 0.3) is 5.56 Å². The second-order valence-corrected chi connectivity index (χ2v) is 10.3. The molecule has 9 nitrogen and oxygen atoms in total. The van der Waals surface area contributed by atoms with Gasteiger partial charge in [-0.1, -0.05) is 42.5 Å². The third-order valence-electron chi connectivity index (χ3n) is 5.89. The monoisotopic (exact) mass is 487 g/mol. The molecule has 1 aromatic heterocycles. The van der Waals surface area contributed by atoms with Crippen LogP contribution in [0.3, 0.4) is 0 Å². The summed E-state index contributed by atoms with van der Waals surface area (Å²) in [5.41, 5.74) is 0.643. The molecule has 0 radical (unpaired) electrons. The largest absolute Gasteiger partial charge is 0.350 e. The first-order valence-electron chi connectivity index (χ1n) is 11.4. The van der Waals surface area contributed by atoms with E-state index in [4.69, 9.17) is 13.9 Å². The maximum atomic E-state index is 13.5. The standard InChI is InChI=1S/C24H30N3O6P/c1-4-31-34(30,32-5-2)22-15-19(33-25(22)3)17-26-21-14-10-9-13-20(21)23(28)27(24(26)29)16-18-11-7-6-8-12-18/h6-14,19,22H,4-5,15-17H2,1-3H3/t19-,22+/m0/s1. The predicted molar refractivity (Wildman–Crippen MR) is 130 cm³/mol. The third-order valence-corrected chi connectivity index (χ3v) is 8.40. The number of hydrogen-bond donors (Lipinski definition) is 0. The van der Waals surface area contributed by atoms with Gasteiger partial charge < -0.3 is 9.05 Å². The van der Waals surface area contributed by atoms with Gasteiger partial charge in [0.05, 0.1) is 43.3 Å². The molecular weight excluding hydrogens is 457 g/mol. The average molecular weight is 487 g/mol. The minimum atomic E-state index is -3.43. The van der Waals surface area contributed by atoms with E-state index >= 15 is 0 Å². The average Bonchev–Trinajstić information content (AvgIpc) is 3.21. The van der Waals surface area contributed by atoms with E-state index in [1.807, 2.05) is 30.3 Å². The highest BCUT2D eigenvalue weighted by atomic mass is 31.2. The lowest BCUT2D eigenvalue weighted by Gasteiger charge is -2.25. The van der Waals surface area contributed by atoms with Gasteiger partial charge in [0.1, 0.15) is 5.78 Å². The van der Waals surface area contributed by atoms with Crippen LogP contribution in [0.1, 0.15) is 25.8 Å². The van der Waals surface area contributed by atoms with Crippen molar-refractivity contribution in [2.45, 2.75) is 45.2 Å². The van der Waals surface area contributed by atoms with Crippen molar-refractivity contribution in [3.63, 3.8) is 0 Å². The summed E-state index contributed by atoms with van der Waals surface area (Å²) in [4.78, 5) is 32.6. The summed E-state index contributed by atoms with van der Waals surface area (Å²) in [7, 11) is -1.74. The molecule has 0 spiro atoms. The topological polar surface area (TPSA) is 92.0 Å². The molecule has 1 fully saturated rings. The lowest BCUT2D eigenvalue weighted by atomic mass is 10.2. The molecule has 2 aromatic carbocycles. The minimum Gasteiger partial charge on any atom is -0.308 e. The Labute approximate surface area is 198 Å². The third kappa shape index (κ3) is 4.80. The summed E-state index contributed by atoms with van der Waals surface area (Å²) >= 11 is 0. The first-order chi connectivity index (χ1) is 16.4. The van der Waals surface area contributed by atoms with Crippen LogP contribution in [-0.4, -0.2) is 46.3 Å². The normalized spacial score (nSPS) is 19.1. The molecule has 0 aliphatic carbocycles. The minimum absolute atomic E-state index is 0.168. The van der Waals surface area contributed by atoms with Gasteiger partial charge in [0.2, 0.25) is 0 Å². The summed E-state index contributed by atoms with van der Waals surface area (Å²) in [6.07, 6.45) is -0.0974. The van der Waals surface area contributed by atoms with Gasteiger partial charge in [-0.25, -0.2) is 4.79 Å². The van der Waals surface area contributed by atoms with Crippen molar-refractivity contribution >= 4 is 18.5 Å². The van der Waals surface area contributed by atoms with Crippen LogP contribution in [0, 0.1) is 0 Å². The van der Waals surface area contributed by atoms with Crippen LogP contribution < -0.4 is 11.2 Å². The molecule has 182 valence electrons. The number of aromatic nitrogens is 2. The quantitative estimate of drug-likeness (QED) is 0.427. The van der Waals surface area contributed by atoms with Gasteiger partial charge in [0, 0.05) is 13.5 Å². The first-order valence-corrected chi connectivity index (χ1v) is 13.0. The number of rotatable bonds is 9. The maximum Gasteiger partial charge on any atom is 0.350 e. The Hall–Kier alpha value is -2.55. The Kier molecular flexibility index (Phi) is 7.50. The summed E-state index contributed by atoms with van der Waals surface area (Å²) in [6, 6.07) is 16.4. The molecule has 0 amide bonds. The molecule has 0 unspecified atom stereocenters. The molecule has 1 saturated heterocycles. The Morgan fingerprint density at radius 2 is 1.62 bits per heavy atom. The van der Waals surface area contributed by atoms with Crippen molar-refractivity contribution in [2.24, 2.45) is 0 Å². The fraction of sp³-hybridized carbons (Fsp3) is 0.417. The molecule has 1 aliphatic rings. The van der Waals surface area contributed by atoms with E-state index in [-0.39, 0.29) is 31.9 Å². The van der Waals surface area contributed by atoms with E-state index in [1.54, 1.807) is 49.7 Å². The summed E-state index contributed by atoms with van der Waals surface area (Å²) in [6.45, 7) is 4.39. The van der Waals surface area contributed by atoms with Crippen molar-refractivity contribution < 1.29 is 18.5 Å². The molecule has 0 saturated carbocycles. The van der Waals surface area contributed by atoms with Gasteiger partial charge in [0.15, 0.2) is 0 Å². The Balaban J connectivity index is 1.70. The molecule has 1 aliphatic heterocycles. The lowest BCUT2D eigenvalue weighted by molar-refractivity contribution is -0.138. The van der Waals surface area contributed by atoms with Crippen LogP contribution in [-0.2, 0) is 31.5 Å². The highest BCUT2D eigenvalue weighted by Crippen LogP contribution is 2.57. The molecule has 4 rings (SSSR count). The summed E-state index contributed by atoms with van der Waals surface area (Å²) in [5.74, 6) is -0.588. The SMILES string of the molecule is CCOP(=O)(OCC)[C@@H]1C[C@@H](Cn2c(=O)n(Cc3ccccc3)c(=O)c3ccccc32)ON1C. The highest BCUT2D eigenvalue weighted by molar-refractivity contribution is 7.54. The molecule has 2 heterocycles. The molecular formula is C24H30N3O6P. The van der Waals surface area contributed by atoms with Crippen molar-refractivity contribution in [1.29, 1.82) is 0 Å². The predicted octanol–water partition coefficient (Wildman–Crippen LogP) is 3.44. The van der Waals surface area contributed by atoms with Gasteiger partial charge in [-0.15, -0.1) is 0 Å². The van der Waals surface area contributed by atoms with Crippen molar-refractivity contribution in [1.82, 2.24) is 14.2 Å². The van der Waals surface area contributed by atoms with Crippen molar-refractivity contribution in [2.75, 3.05) is 20.3 Å². The van der Waals surface area contributed by atoms with E-state index in [2.05, 4.69) is 0 Å². The molecule has 0 bridgehead atoms. The number of nitrogens with zero attached hydrogens (tertiary/aromatic N) is 3. The van der Waals surface area contributed by atoms with Crippen molar-refractivity contribution in [3.8, 4) is 0 Å². The number of benzene rings is 2. The van der Waals surface area contributed by atoms with Gasteiger partial charge >= 0.3 is 13.3 Å². The second-order valence-electron chi connectivity index (χ2n) is 8.15. The maximum absolute atomic E-state index is 13.5. The number of para-hydroxylation sites is 1. The van der Waals surface area contributed by atoms with E-state index in [1.165, 1.54) is 9.63 Å². The highest BCUT2D eigenvalue weighted by Gasteiger charge is 2.46. The van der Waals surface area contributed by atoms with Crippen LogP contribution in [0.15, 0.2) is 64.2 Å². The second kappa shape index (κ2) is 10.4. The summed E-state index contributed by atoms with van der Waals surface area (Å²) < 4.78 is 27.2. The molecule has 10 heteroatoms. The van der Waals surface area contributed by atoms with Crippen LogP contribution in [0.2, 0.25) is 0 Å². The first kappa shape index (κ1) is 24.6. The number of hydrogen-bond acceptors (Lipinski definition) is 7.